The maximum absolute atomic E-state index is 10.9. The van der Waals surface area contributed by atoms with E-state index >= 15 is 0 Å². The van der Waals surface area contributed by atoms with Gasteiger partial charge in [-0.2, -0.15) is 0 Å². The first kappa shape index (κ1) is 29.1. The largest absolute Gasteiger partial charge is 0.393 e. The van der Waals surface area contributed by atoms with Crippen molar-refractivity contribution in [2.45, 2.75) is 58.1 Å². The Kier molecular flexibility index (Phi) is 10.8. The summed E-state index contributed by atoms with van der Waals surface area (Å²) in [7, 11) is 0. The van der Waals surface area contributed by atoms with E-state index < -0.39 is 0 Å². The molecule has 0 bridgehead atoms. The van der Waals surface area contributed by atoms with E-state index in [2.05, 4.69) is 69.8 Å². The van der Waals surface area contributed by atoms with Crippen molar-refractivity contribution in [2.75, 3.05) is 26.2 Å². The van der Waals surface area contributed by atoms with Gasteiger partial charge in [-0.25, -0.2) is 15.0 Å². The average molecular weight is 547 g/mol. The normalized spacial score (nSPS) is 20.1. The minimum atomic E-state index is -0.326. The summed E-state index contributed by atoms with van der Waals surface area (Å²) >= 11 is 1.67. The first-order valence-electron chi connectivity index (χ1n) is 13.9. The number of nitrogens with one attached hydrogen (secondary N) is 2. The molecule has 39 heavy (non-hydrogen) atoms. The van der Waals surface area contributed by atoms with Crippen molar-refractivity contribution in [3.63, 3.8) is 0 Å². The van der Waals surface area contributed by atoms with Crippen LogP contribution in [0.2, 0.25) is 0 Å². The molecule has 8 heteroatoms. The van der Waals surface area contributed by atoms with E-state index in [9.17, 15) is 5.11 Å². The molecule has 208 valence electrons. The van der Waals surface area contributed by atoms with E-state index in [1.165, 1.54) is 11.1 Å². The molecule has 7 nitrogen and oxygen atoms in total. The fraction of sp³-hybridized carbons (Fsp3) is 0.452. The van der Waals surface area contributed by atoms with Gasteiger partial charge in [0.1, 0.15) is 17.0 Å². The van der Waals surface area contributed by atoms with Crippen molar-refractivity contribution >= 4 is 22.4 Å². The minimum absolute atomic E-state index is 0.201. The van der Waals surface area contributed by atoms with Crippen LogP contribution in [0.15, 0.2) is 72.7 Å². The highest BCUT2D eigenvalue weighted by Gasteiger charge is 2.34. The van der Waals surface area contributed by atoms with Gasteiger partial charge in [-0.05, 0) is 70.7 Å². The number of allylic oxidation sites excluding steroid dienone is 5. The number of aliphatic hydroxyl groups is 1. The van der Waals surface area contributed by atoms with Crippen molar-refractivity contribution in [3.05, 3.63) is 78.4 Å². The third-order valence-electron chi connectivity index (χ3n) is 7.55. The molecular formula is C31H42N6OS. The first-order chi connectivity index (χ1) is 19.0. The van der Waals surface area contributed by atoms with Crippen LogP contribution in [0.3, 0.4) is 0 Å². The lowest BCUT2D eigenvalue weighted by atomic mass is 10.1. The van der Waals surface area contributed by atoms with E-state index in [1.807, 2.05) is 18.3 Å². The maximum atomic E-state index is 10.9. The van der Waals surface area contributed by atoms with Gasteiger partial charge in [0.15, 0.2) is 0 Å². The fourth-order valence-electron chi connectivity index (χ4n) is 5.25. The third-order valence-corrected chi connectivity index (χ3v) is 8.48. The summed E-state index contributed by atoms with van der Waals surface area (Å²) in [4.78, 5) is 13.9. The van der Waals surface area contributed by atoms with Crippen molar-refractivity contribution in [3.8, 4) is 10.6 Å². The molecule has 0 radical (unpaired) electrons. The average Bonchev–Trinajstić information content (AvgIpc) is 3.66. The number of hydrogen-bond donors (Lipinski definition) is 3. The predicted molar refractivity (Wildman–Crippen MR) is 163 cm³/mol. The number of thiazole rings is 1. The standard InChI is InChI=1S/C31H42N6OS/c1-5-9-23(7-3)10-13-32-11-8-12-33-17-24-15-26(16-29(24)38)37-19-28(27-18-34-21-35-30(27)37)31-36-25(20-39-31)14-22(4)6-2/h5-7,9,18-21,24,26,29,32-33,38H,1,3,8,10-17H2,2,4H3/b22-6+,23-9+/t24-,26-,29+/m1/s1. The predicted octanol–water partition coefficient (Wildman–Crippen LogP) is 5.63. The lowest BCUT2D eigenvalue weighted by Crippen LogP contribution is -2.30. The second-order valence-electron chi connectivity index (χ2n) is 10.4. The molecule has 3 heterocycles. The molecule has 1 aliphatic carbocycles. The second-order valence-corrected chi connectivity index (χ2v) is 11.2. The molecule has 1 aliphatic rings. The van der Waals surface area contributed by atoms with Crippen molar-refractivity contribution in [2.24, 2.45) is 5.92 Å². The summed E-state index contributed by atoms with van der Waals surface area (Å²) in [5.74, 6) is 0.222. The van der Waals surface area contributed by atoms with Crippen LogP contribution in [0.1, 0.15) is 51.3 Å². The quantitative estimate of drug-likeness (QED) is 0.130. The SMILES string of the molecule is C=C/C=C(\C=C)CCNCCCNC[C@H]1C[C@@H](n2cc(-c3nc(C/C(C)=C/C)cs3)c3cncnc32)C[C@@H]1O. The number of aromatic nitrogens is 4. The Balaban J connectivity index is 1.31. The van der Waals surface area contributed by atoms with Crippen LogP contribution in [-0.4, -0.2) is 56.9 Å². The molecule has 0 unspecified atom stereocenters. The topological polar surface area (TPSA) is 87.9 Å². The molecule has 0 amide bonds. The molecule has 0 spiro atoms. The van der Waals surface area contributed by atoms with Gasteiger partial charge in [-0.15, -0.1) is 11.3 Å². The molecule has 3 aromatic rings. The van der Waals surface area contributed by atoms with E-state index in [0.29, 0.717) is 0 Å². The summed E-state index contributed by atoms with van der Waals surface area (Å²) in [6.45, 7) is 15.4. The van der Waals surface area contributed by atoms with Crippen LogP contribution < -0.4 is 10.6 Å². The second kappa shape index (κ2) is 14.5. The Labute approximate surface area is 236 Å². The van der Waals surface area contributed by atoms with Crippen LogP contribution >= 0.6 is 11.3 Å². The van der Waals surface area contributed by atoms with Crippen LogP contribution in [0, 0.1) is 5.92 Å². The number of fused-ring (bicyclic) bond motifs is 1. The highest BCUT2D eigenvalue weighted by Crippen LogP contribution is 2.40. The Hall–Kier alpha value is -2.91. The van der Waals surface area contributed by atoms with Crippen LogP contribution in [0.4, 0.5) is 0 Å². The molecule has 0 aromatic carbocycles. The van der Waals surface area contributed by atoms with Crippen molar-refractivity contribution in [1.82, 2.24) is 30.2 Å². The molecule has 0 saturated heterocycles. The molecule has 3 aromatic heterocycles. The molecule has 1 saturated carbocycles. The highest BCUT2D eigenvalue weighted by molar-refractivity contribution is 7.13. The van der Waals surface area contributed by atoms with Gasteiger partial charge in [0.2, 0.25) is 0 Å². The van der Waals surface area contributed by atoms with Crippen LogP contribution in [0.5, 0.6) is 0 Å². The maximum Gasteiger partial charge on any atom is 0.144 e. The van der Waals surface area contributed by atoms with Gasteiger partial charge in [0.05, 0.1) is 11.8 Å². The third kappa shape index (κ3) is 7.60. The van der Waals surface area contributed by atoms with Crippen LogP contribution in [0.25, 0.3) is 21.6 Å². The number of hydrogen-bond acceptors (Lipinski definition) is 7. The zero-order valence-corrected chi connectivity index (χ0v) is 24.1. The molecule has 3 N–H and O–H groups in total. The first-order valence-corrected chi connectivity index (χ1v) is 14.8. The Morgan fingerprint density at radius 1 is 1.23 bits per heavy atom. The molecule has 0 aliphatic heterocycles. The summed E-state index contributed by atoms with van der Waals surface area (Å²) in [5, 5.41) is 22.1. The van der Waals surface area contributed by atoms with Gasteiger partial charge < -0.3 is 20.3 Å². The summed E-state index contributed by atoms with van der Waals surface area (Å²) in [6, 6.07) is 0.201. The summed E-state index contributed by atoms with van der Waals surface area (Å²) in [5.41, 5.74) is 5.59. The number of nitrogens with zero attached hydrogens (tertiary/aromatic N) is 4. The molecular weight excluding hydrogens is 504 g/mol. The van der Waals surface area contributed by atoms with E-state index in [-0.39, 0.29) is 18.1 Å². The number of rotatable bonds is 15. The lowest BCUT2D eigenvalue weighted by molar-refractivity contribution is 0.130. The Morgan fingerprint density at radius 3 is 2.87 bits per heavy atom. The summed E-state index contributed by atoms with van der Waals surface area (Å²) in [6.07, 6.45) is 17.7. The lowest BCUT2D eigenvalue weighted by Gasteiger charge is -2.15. The van der Waals surface area contributed by atoms with Crippen molar-refractivity contribution in [1.29, 1.82) is 0 Å². The Morgan fingerprint density at radius 2 is 2.08 bits per heavy atom. The van der Waals surface area contributed by atoms with E-state index in [1.54, 1.807) is 23.7 Å². The zero-order chi connectivity index (χ0) is 27.6. The minimum Gasteiger partial charge on any atom is -0.393 e. The van der Waals surface area contributed by atoms with Gasteiger partial charge in [-0.3, -0.25) is 0 Å². The number of aliphatic hydroxyl groups excluding tert-OH is 1. The molecule has 3 atom stereocenters. The monoisotopic (exact) mass is 546 g/mol. The van der Waals surface area contributed by atoms with Gasteiger partial charge in [0, 0.05) is 47.7 Å². The Bertz CT molecular complexity index is 1310. The van der Waals surface area contributed by atoms with E-state index in [0.717, 1.165) is 85.6 Å². The molecule has 1 fully saturated rings. The van der Waals surface area contributed by atoms with Gasteiger partial charge in [-0.1, -0.05) is 43.0 Å². The zero-order valence-electron chi connectivity index (χ0n) is 23.3. The highest BCUT2D eigenvalue weighted by atomic mass is 32.1. The van der Waals surface area contributed by atoms with Gasteiger partial charge in [0.25, 0.3) is 0 Å². The fourth-order valence-corrected chi connectivity index (χ4v) is 6.09. The van der Waals surface area contributed by atoms with Crippen LogP contribution in [-0.2, 0) is 6.42 Å². The van der Waals surface area contributed by atoms with Crippen molar-refractivity contribution < 1.29 is 5.11 Å². The smallest absolute Gasteiger partial charge is 0.144 e. The summed E-state index contributed by atoms with van der Waals surface area (Å²) < 4.78 is 2.25. The van der Waals surface area contributed by atoms with Gasteiger partial charge >= 0.3 is 0 Å². The van der Waals surface area contributed by atoms with E-state index in [4.69, 9.17) is 4.98 Å². The molecule has 4 rings (SSSR count).